The molecule has 1 N–H and O–H groups in total. The second kappa shape index (κ2) is 4.58. The van der Waals surface area contributed by atoms with Gasteiger partial charge in [-0.2, -0.15) is 0 Å². The average Bonchev–Trinajstić information content (AvgIpc) is 2.50. The van der Waals surface area contributed by atoms with Crippen LogP contribution in [-0.4, -0.2) is 49.8 Å². The number of rotatable bonds is 4. The van der Waals surface area contributed by atoms with Gasteiger partial charge in [-0.05, 0) is 26.4 Å². The Kier molecular flexibility index (Phi) is 3.69. The van der Waals surface area contributed by atoms with Crippen molar-refractivity contribution in [3.63, 3.8) is 0 Å². The average molecular weight is 187 g/mol. The van der Waals surface area contributed by atoms with E-state index in [4.69, 9.17) is 9.84 Å². The van der Waals surface area contributed by atoms with Crippen LogP contribution in [0.2, 0.25) is 0 Å². The van der Waals surface area contributed by atoms with Gasteiger partial charge in [-0.15, -0.1) is 0 Å². The number of ether oxygens (including phenoxy) is 1. The predicted octanol–water partition coefficient (Wildman–Crippen LogP) is 0.285. The lowest BCUT2D eigenvalue weighted by Gasteiger charge is -2.21. The molecule has 0 saturated carbocycles. The molecule has 1 heterocycles. The summed E-state index contributed by atoms with van der Waals surface area (Å²) in [6.07, 6.45) is 0.880. The summed E-state index contributed by atoms with van der Waals surface area (Å²) in [7, 11) is 3.79. The molecular formula is C9H17NO3. The van der Waals surface area contributed by atoms with E-state index in [2.05, 4.69) is 0 Å². The molecule has 0 bridgehead atoms. The lowest BCUT2D eigenvalue weighted by atomic mass is 9.91. The van der Waals surface area contributed by atoms with E-state index in [-0.39, 0.29) is 11.8 Å². The summed E-state index contributed by atoms with van der Waals surface area (Å²) in [6, 6.07) is 0. The second-order valence-corrected chi connectivity index (χ2v) is 3.83. The van der Waals surface area contributed by atoms with Crippen LogP contribution in [0.15, 0.2) is 0 Å². The number of carboxylic acid groups (broad SMARTS) is 1. The van der Waals surface area contributed by atoms with E-state index < -0.39 is 5.97 Å². The molecule has 1 saturated heterocycles. The standard InChI is InChI=1S/C9H17NO3/c1-10(2)5-8(9(11)12)7-3-4-13-6-7/h7-8H,3-6H2,1-2H3,(H,11,12). The summed E-state index contributed by atoms with van der Waals surface area (Å²) in [5, 5.41) is 9.00. The largest absolute Gasteiger partial charge is 0.481 e. The van der Waals surface area contributed by atoms with Crippen molar-refractivity contribution in [3.8, 4) is 0 Å². The van der Waals surface area contributed by atoms with Crippen LogP contribution in [0, 0.1) is 11.8 Å². The zero-order valence-corrected chi connectivity index (χ0v) is 8.19. The normalized spacial score (nSPS) is 25.0. The molecule has 0 aliphatic carbocycles. The van der Waals surface area contributed by atoms with E-state index in [9.17, 15) is 4.79 Å². The van der Waals surface area contributed by atoms with E-state index in [1.807, 2.05) is 19.0 Å². The Hall–Kier alpha value is -0.610. The molecule has 0 radical (unpaired) electrons. The Bertz CT molecular complexity index is 176. The van der Waals surface area contributed by atoms with E-state index >= 15 is 0 Å². The van der Waals surface area contributed by atoms with Gasteiger partial charge in [-0.3, -0.25) is 4.79 Å². The van der Waals surface area contributed by atoms with Gasteiger partial charge in [0.05, 0.1) is 12.5 Å². The van der Waals surface area contributed by atoms with Crippen molar-refractivity contribution in [3.05, 3.63) is 0 Å². The zero-order valence-electron chi connectivity index (χ0n) is 8.19. The third-order valence-electron chi connectivity index (χ3n) is 2.41. The number of hydrogen-bond donors (Lipinski definition) is 1. The molecule has 1 fully saturated rings. The highest BCUT2D eigenvalue weighted by molar-refractivity contribution is 5.70. The molecule has 0 amide bonds. The van der Waals surface area contributed by atoms with Crippen molar-refractivity contribution in [1.82, 2.24) is 4.90 Å². The van der Waals surface area contributed by atoms with Crippen LogP contribution in [0.25, 0.3) is 0 Å². The van der Waals surface area contributed by atoms with E-state index in [1.165, 1.54) is 0 Å². The third-order valence-corrected chi connectivity index (χ3v) is 2.41. The van der Waals surface area contributed by atoms with Gasteiger partial charge in [-0.1, -0.05) is 0 Å². The van der Waals surface area contributed by atoms with Crippen LogP contribution in [-0.2, 0) is 9.53 Å². The van der Waals surface area contributed by atoms with Crippen molar-refractivity contribution in [2.75, 3.05) is 33.9 Å². The Morgan fingerprint density at radius 2 is 2.38 bits per heavy atom. The minimum absolute atomic E-state index is 0.194. The zero-order chi connectivity index (χ0) is 9.84. The fourth-order valence-electron chi connectivity index (χ4n) is 1.69. The van der Waals surface area contributed by atoms with Gasteiger partial charge in [0.15, 0.2) is 0 Å². The van der Waals surface area contributed by atoms with Crippen LogP contribution in [0.1, 0.15) is 6.42 Å². The highest BCUT2D eigenvalue weighted by Gasteiger charge is 2.31. The molecule has 1 aliphatic heterocycles. The van der Waals surface area contributed by atoms with Crippen molar-refractivity contribution in [2.24, 2.45) is 11.8 Å². The first-order chi connectivity index (χ1) is 6.11. The van der Waals surface area contributed by atoms with Crippen molar-refractivity contribution >= 4 is 5.97 Å². The topological polar surface area (TPSA) is 49.8 Å². The first kappa shape index (κ1) is 10.5. The quantitative estimate of drug-likeness (QED) is 0.687. The predicted molar refractivity (Wildman–Crippen MR) is 48.6 cm³/mol. The molecule has 0 aromatic heterocycles. The summed E-state index contributed by atoms with van der Waals surface area (Å²) >= 11 is 0. The molecule has 2 unspecified atom stereocenters. The molecular weight excluding hydrogens is 170 g/mol. The number of carbonyl (C=O) groups is 1. The molecule has 13 heavy (non-hydrogen) atoms. The first-order valence-electron chi connectivity index (χ1n) is 4.56. The Labute approximate surface area is 78.5 Å². The number of nitrogens with zero attached hydrogens (tertiary/aromatic N) is 1. The second-order valence-electron chi connectivity index (χ2n) is 3.83. The smallest absolute Gasteiger partial charge is 0.308 e. The van der Waals surface area contributed by atoms with Crippen LogP contribution in [0.3, 0.4) is 0 Å². The van der Waals surface area contributed by atoms with Crippen molar-refractivity contribution in [1.29, 1.82) is 0 Å². The Morgan fingerprint density at radius 3 is 2.77 bits per heavy atom. The Balaban J connectivity index is 2.50. The summed E-state index contributed by atoms with van der Waals surface area (Å²) in [5.74, 6) is -0.790. The van der Waals surface area contributed by atoms with Crippen LogP contribution >= 0.6 is 0 Å². The van der Waals surface area contributed by atoms with E-state index in [0.29, 0.717) is 19.8 Å². The molecule has 0 aromatic carbocycles. The van der Waals surface area contributed by atoms with Gasteiger partial charge in [0.25, 0.3) is 0 Å². The van der Waals surface area contributed by atoms with Crippen molar-refractivity contribution in [2.45, 2.75) is 6.42 Å². The monoisotopic (exact) mass is 187 g/mol. The van der Waals surface area contributed by atoms with Crippen molar-refractivity contribution < 1.29 is 14.6 Å². The molecule has 1 rings (SSSR count). The molecule has 4 heteroatoms. The van der Waals surface area contributed by atoms with Crippen LogP contribution in [0.4, 0.5) is 0 Å². The molecule has 2 atom stereocenters. The molecule has 1 aliphatic rings. The third kappa shape index (κ3) is 2.97. The molecule has 0 spiro atoms. The van der Waals surface area contributed by atoms with Crippen LogP contribution in [0.5, 0.6) is 0 Å². The van der Waals surface area contributed by atoms with Gasteiger partial charge in [0.2, 0.25) is 0 Å². The lowest BCUT2D eigenvalue weighted by molar-refractivity contribution is -0.144. The highest BCUT2D eigenvalue weighted by Crippen LogP contribution is 2.22. The van der Waals surface area contributed by atoms with Crippen LogP contribution < -0.4 is 0 Å². The van der Waals surface area contributed by atoms with E-state index in [0.717, 1.165) is 6.42 Å². The van der Waals surface area contributed by atoms with Gasteiger partial charge in [0.1, 0.15) is 0 Å². The maximum atomic E-state index is 10.9. The lowest BCUT2D eigenvalue weighted by Crippen LogP contribution is -2.33. The van der Waals surface area contributed by atoms with Gasteiger partial charge < -0.3 is 14.7 Å². The molecule has 0 aromatic rings. The maximum absolute atomic E-state index is 10.9. The van der Waals surface area contributed by atoms with Gasteiger partial charge in [-0.25, -0.2) is 0 Å². The first-order valence-corrected chi connectivity index (χ1v) is 4.56. The highest BCUT2D eigenvalue weighted by atomic mass is 16.5. The minimum Gasteiger partial charge on any atom is -0.481 e. The SMILES string of the molecule is CN(C)CC(C(=O)O)C1CCOC1. The maximum Gasteiger partial charge on any atom is 0.308 e. The fraction of sp³-hybridized carbons (Fsp3) is 0.889. The molecule has 76 valence electrons. The van der Waals surface area contributed by atoms with Gasteiger partial charge >= 0.3 is 5.97 Å². The number of aliphatic carboxylic acids is 1. The summed E-state index contributed by atoms with van der Waals surface area (Å²) < 4.78 is 5.19. The fourth-order valence-corrected chi connectivity index (χ4v) is 1.69. The summed E-state index contributed by atoms with van der Waals surface area (Å²) in [6.45, 7) is 1.91. The minimum atomic E-state index is -0.704. The number of hydrogen-bond acceptors (Lipinski definition) is 3. The summed E-state index contributed by atoms with van der Waals surface area (Å²) in [5.41, 5.74) is 0. The number of carboxylic acids is 1. The Morgan fingerprint density at radius 1 is 1.69 bits per heavy atom. The summed E-state index contributed by atoms with van der Waals surface area (Å²) in [4.78, 5) is 12.9. The van der Waals surface area contributed by atoms with E-state index in [1.54, 1.807) is 0 Å². The van der Waals surface area contributed by atoms with Gasteiger partial charge in [0, 0.05) is 13.2 Å². The molecule has 4 nitrogen and oxygen atoms in total.